The first-order chi connectivity index (χ1) is 8.97. The van der Waals surface area contributed by atoms with E-state index >= 15 is 0 Å². The van der Waals surface area contributed by atoms with Crippen molar-refractivity contribution in [2.24, 2.45) is 0 Å². The van der Waals surface area contributed by atoms with E-state index in [9.17, 15) is 4.79 Å². The van der Waals surface area contributed by atoms with Crippen LogP contribution in [0.4, 0.5) is 11.4 Å². The van der Waals surface area contributed by atoms with Gasteiger partial charge in [-0.05, 0) is 87.4 Å². The lowest BCUT2D eigenvalue weighted by atomic mass is 10.1. The van der Waals surface area contributed by atoms with Crippen LogP contribution in [0.1, 0.15) is 15.9 Å². The van der Waals surface area contributed by atoms with E-state index < -0.39 is 5.97 Å². The van der Waals surface area contributed by atoms with Crippen molar-refractivity contribution in [1.82, 2.24) is 0 Å². The van der Waals surface area contributed by atoms with E-state index in [4.69, 9.17) is 5.11 Å². The third-order valence-corrected chi connectivity index (χ3v) is 5.00. The second-order valence-electron chi connectivity index (χ2n) is 4.09. The number of benzene rings is 2. The Kier molecular flexibility index (Phi) is 4.46. The summed E-state index contributed by atoms with van der Waals surface area (Å²) in [6.45, 7) is 1.89. The Morgan fingerprint density at radius 1 is 1.26 bits per heavy atom. The van der Waals surface area contributed by atoms with E-state index in [0.29, 0.717) is 5.56 Å². The standard InChI is InChI=1S/C14H11BrINO2/c1-8-6-9(14(18)19)2-5-13(8)17-10-3-4-11(15)12(16)7-10/h2-7,17H,1H3,(H,18,19). The summed E-state index contributed by atoms with van der Waals surface area (Å²) in [4.78, 5) is 10.9. The van der Waals surface area contributed by atoms with Gasteiger partial charge in [0.15, 0.2) is 0 Å². The van der Waals surface area contributed by atoms with E-state index in [0.717, 1.165) is 25.0 Å². The molecule has 0 saturated heterocycles. The lowest BCUT2D eigenvalue weighted by molar-refractivity contribution is 0.0697. The molecule has 5 heteroatoms. The molecule has 0 bridgehead atoms. The normalized spacial score (nSPS) is 10.3. The van der Waals surface area contributed by atoms with Crippen LogP contribution in [-0.2, 0) is 0 Å². The number of hydrogen-bond acceptors (Lipinski definition) is 2. The topological polar surface area (TPSA) is 49.3 Å². The highest BCUT2D eigenvalue weighted by atomic mass is 127. The molecule has 2 N–H and O–H groups in total. The number of nitrogens with one attached hydrogen (secondary N) is 1. The maximum absolute atomic E-state index is 10.9. The van der Waals surface area contributed by atoms with E-state index in [1.165, 1.54) is 0 Å². The summed E-state index contributed by atoms with van der Waals surface area (Å²) in [5, 5.41) is 12.2. The number of hydrogen-bond donors (Lipinski definition) is 2. The van der Waals surface area contributed by atoms with E-state index in [1.54, 1.807) is 18.2 Å². The van der Waals surface area contributed by atoms with E-state index in [-0.39, 0.29) is 0 Å². The molecule has 2 aromatic carbocycles. The van der Waals surface area contributed by atoms with Crippen LogP contribution in [0.2, 0.25) is 0 Å². The maximum Gasteiger partial charge on any atom is 0.335 e. The second-order valence-corrected chi connectivity index (χ2v) is 6.11. The molecule has 0 fully saturated rings. The predicted molar refractivity (Wildman–Crippen MR) is 88.3 cm³/mol. The molecule has 0 saturated carbocycles. The molecule has 0 aromatic heterocycles. The van der Waals surface area contributed by atoms with Gasteiger partial charge in [0.1, 0.15) is 0 Å². The zero-order valence-electron chi connectivity index (χ0n) is 10.1. The Labute approximate surface area is 133 Å². The number of carboxylic acids is 1. The molecule has 0 spiro atoms. The van der Waals surface area contributed by atoms with Crippen LogP contribution < -0.4 is 5.32 Å². The summed E-state index contributed by atoms with van der Waals surface area (Å²) in [7, 11) is 0. The van der Waals surface area contributed by atoms with Crippen molar-refractivity contribution in [3.63, 3.8) is 0 Å². The molecule has 98 valence electrons. The van der Waals surface area contributed by atoms with Crippen molar-refractivity contribution in [3.05, 3.63) is 55.6 Å². The number of anilines is 2. The summed E-state index contributed by atoms with van der Waals surface area (Å²) in [6.07, 6.45) is 0. The highest BCUT2D eigenvalue weighted by molar-refractivity contribution is 14.1. The predicted octanol–water partition coefficient (Wildman–Crippen LogP) is 4.80. The van der Waals surface area contributed by atoms with Gasteiger partial charge in [-0.3, -0.25) is 0 Å². The van der Waals surface area contributed by atoms with Crippen LogP contribution in [-0.4, -0.2) is 11.1 Å². The van der Waals surface area contributed by atoms with Crippen LogP contribution in [0.25, 0.3) is 0 Å². The number of aromatic carboxylic acids is 1. The smallest absolute Gasteiger partial charge is 0.335 e. The molecule has 19 heavy (non-hydrogen) atoms. The molecule has 0 aliphatic heterocycles. The number of carboxylic acid groups (broad SMARTS) is 1. The lowest BCUT2D eigenvalue weighted by Gasteiger charge is -2.11. The Bertz CT molecular complexity index is 643. The third-order valence-electron chi connectivity index (χ3n) is 2.67. The fourth-order valence-corrected chi connectivity index (χ4v) is 2.43. The first kappa shape index (κ1) is 14.3. The first-order valence-electron chi connectivity index (χ1n) is 5.53. The van der Waals surface area contributed by atoms with Gasteiger partial charge in [-0.2, -0.15) is 0 Å². The monoisotopic (exact) mass is 431 g/mol. The number of rotatable bonds is 3. The van der Waals surface area contributed by atoms with Gasteiger partial charge < -0.3 is 10.4 Å². The quantitative estimate of drug-likeness (QED) is 0.686. The van der Waals surface area contributed by atoms with Crippen molar-refractivity contribution in [2.75, 3.05) is 5.32 Å². The minimum Gasteiger partial charge on any atom is -0.478 e. The van der Waals surface area contributed by atoms with Gasteiger partial charge >= 0.3 is 5.97 Å². The molecule has 0 aliphatic rings. The van der Waals surface area contributed by atoms with Crippen LogP contribution in [0.5, 0.6) is 0 Å². The van der Waals surface area contributed by atoms with Gasteiger partial charge in [0.2, 0.25) is 0 Å². The van der Waals surface area contributed by atoms with Crippen LogP contribution >= 0.6 is 38.5 Å². The van der Waals surface area contributed by atoms with Gasteiger partial charge in [0.25, 0.3) is 0 Å². The first-order valence-corrected chi connectivity index (χ1v) is 7.40. The van der Waals surface area contributed by atoms with Crippen LogP contribution in [0.15, 0.2) is 40.9 Å². The highest BCUT2D eigenvalue weighted by Crippen LogP contribution is 2.26. The molecule has 0 radical (unpaired) electrons. The van der Waals surface area contributed by atoms with Crippen molar-refractivity contribution < 1.29 is 9.90 Å². The van der Waals surface area contributed by atoms with Gasteiger partial charge in [0.05, 0.1) is 5.56 Å². The number of halogens is 2. The fourth-order valence-electron chi connectivity index (χ4n) is 1.67. The molecular weight excluding hydrogens is 421 g/mol. The molecule has 3 nitrogen and oxygen atoms in total. The minimum absolute atomic E-state index is 0.299. The molecular formula is C14H11BrINO2. The fraction of sp³-hybridized carbons (Fsp3) is 0.0714. The second kappa shape index (κ2) is 5.92. The summed E-state index contributed by atoms with van der Waals surface area (Å²) < 4.78 is 2.17. The minimum atomic E-state index is -0.909. The van der Waals surface area contributed by atoms with Gasteiger partial charge in [-0.15, -0.1) is 0 Å². The zero-order valence-corrected chi connectivity index (χ0v) is 13.8. The average molecular weight is 432 g/mol. The lowest BCUT2D eigenvalue weighted by Crippen LogP contribution is -1.99. The maximum atomic E-state index is 10.9. The zero-order chi connectivity index (χ0) is 14.0. The van der Waals surface area contributed by atoms with Crippen LogP contribution in [0.3, 0.4) is 0 Å². The molecule has 2 rings (SSSR count). The Balaban J connectivity index is 2.28. The number of carbonyl (C=O) groups is 1. The van der Waals surface area contributed by atoms with Crippen molar-refractivity contribution >= 4 is 55.9 Å². The Morgan fingerprint density at radius 3 is 2.58 bits per heavy atom. The summed E-state index contributed by atoms with van der Waals surface area (Å²) in [6, 6.07) is 11.0. The van der Waals surface area contributed by atoms with Crippen molar-refractivity contribution in [2.45, 2.75) is 6.92 Å². The van der Waals surface area contributed by atoms with E-state index in [1.807, 2.05) is 25.1 Å². The average Bonchev–Trinajstić information content (AvgIpc) is 2.36. The molecule has 2 aromatic rings. The summed E-state index contributed by atoms with van der Waals surface area (Å²) in [5.41, 5.74) is 3.08. The van der Waals surface area contributed by atoms with Crippen molar-refractivity contribution in [1.29, 1.82) is 0 Å². The van der Waals surface area contributed by atoms with Gasteiger partial charge in [-0.25, -0.2) is 4.79 Å². The summed E-state index contributed by atoms with van der Waals surface area (Å²) >= 11 is 5.70. The highest BCUT2D eigenvalue weighted by Gasteiger charge is 2.06. The molecule has 0 unspecified atom stereocenters. The molecule has 0 heterocycles. The summed E-state index contributed by atoms with van der Waals surface area (Å²) in [5.74, 6) is -0.909. The SMILES string of the molecule is Cc1cc(C(=O)O)ccc1Nc1ccc(Br)c(I)c1. The van der Waals surface area contributed by atoms with Crippen LogP contribution in [0, 0.1) is 10.5 Å². The number of aryl methyl sites for hydroxylation is 1. The third kappa shape index (κ3) is 3.48. The molecule has 0 aliphatic carbocycles. The Hall–Kier alpha value is -1.08. The van der Waals surface area contributed by atoms with Crippen molar-refractivity contribution in [3.8, 4) is 0 Å². The Morgan fingerprint density at radius 2 is 2.00 bits per heavy atom. The van der Waals surface area contributed by atoms with Gasteiger partial charge in [0, 0.05) is 19.4 Å². The largest absolute Gasteiger partial charge is 0.478 e. The molecule has 0 atom stereocenters. The van der Waals surface area contributed by atoms with E-state index in [2.05, 4.69) is 43.8 Å². The van der Waals surface area contributed by atoms with Gasteiger partial charge in [-0.1, -0.05) is 0 Å². The molecule has 0 amide bonds.